The number of Topliss-reactive ketones (excluding diaryl/α,β-unsaturated/α-hetero) is 1. The number of carbonyl (C=O) groups is 2. The molecule has 1 unspecified atom stereocenters. The van der Waals surface area contributed by atoms with Crippen LogP contribution in [0.2, 0.25) is 0 Å². The van der Waals surface area contributed by atoms with Crippen LogP contribution in [0.5, 0.6) is 0 Å². The summed E-state index contributed by atoms with van der Waals surface area (Å²) in [6.45, 7) is 3.77. The molecule has 4 nitrogen and oxygen atoms in total. The molecule has 0 radical (unpaired) electrons. The number of allylic oxidation sites excluding steroid dienone is 1. The van der Waals surface area contributed by atoms with Crippen molar-refractivity contribution in [1.82, 2.24) is 0 Å². The second kappa shape index (κ2) is 11.7. The Bertz CT molecular complexity index is 557. The maximum absolute atomic E-state index is 13.2. The minimum atomic E-state index is -4.28. The van der Waals surface area contributed by atoms with Crippen molar-refractivity contribution in [3.05, 3.63) is 12.2 Å². The number of hydrogen-bond acceptors (Lipinski definition) is 3. The van der Waals surface area contributed by atoms with E-state index in [0.29, 0.717) is 38.5 Å². The number of halogens is 3. The number of carboxylic acids is 1. The third kappa shape index (κ3) is 10.3. The first kappa shape index (κ1) is 25.7. The Morgan fingerprint density at radius 2 is 1.83 bits per heavy atom. The number of carboxylic acid groups (broad SMARTS) is 1. The molecule has 1 aliphatic carbocycles. The average molecular weight is 421 g/mol. The third-order valence-electron chi connectivity index (χ3n) is 5.76. The van der Waals surface area contributed by atoms with E-state index in [9.17, 15) is 27.9 Å². The maximum atomic E-state index is 13.2. The van der Waals surface area contributed by atoms with E-state index in [1.807, 2.05) is 19.9 Å². The fourth-order valence-electron chi connectivity index (χ4n) is 3.88. The van der Waals surface area contributed by atoms with Crippen LogP contribution in [-0.4, -0.2) is 33.7 Å². The second-order valence-electron chi connectivity index (χ2n) is 8.84. The molecule has 29 heavy (non-hydrogen) atoms. The Labute approximate surface area is 171 Å². The van der Waals surface area contributed by atoms with Gasteiger partial charge in [0.1, 0.15) is 5.78 Å². The van der Waals surface area contributed by atoms with Gasteiger partial charge in [-0.05, 0) is 57.3 Å². The molecule has 0 aromatic carbocycles. The Hall–Kier alpha value is -1.37. The van der Waals surface area contributed by atoms with E-state index in [2.05, 4.69) is 0 Å². The summed E-state index contributed by atoms with van der Waals surface area (Å²) in [4.78, 5) is 22.9. The Morgan fingerprint density at radius 1 is 1.14 bits per heavy atom. The molecule has 7 heteroatoms. The van der Waals surface area contributed by atoms with Crippen molar-refractivity contribution in [3.8, 4) is 0 Å². The van der Waals surface area contributed by atoms with Crippen molar-refractivity contribution >= 4 is 11.8 Å². The van der Waals surface area contributed by atoms with Crippen molar-refractivity contribution in [2.24, 2.45) is 17.8 Å². The number of unbranched alkanes of at least 4 members (excludes halogenated alkanes) is 1. The number of rotatable bonds is 13. The van der Waals surface area contributed by atoms with Crippen LogP contribution in [-0.2, 0) is 9.59 Å². The van der Waals surface area contributed by atoms with Gasteiger partial charge in [0.2, 0.25) is 0 Å². The SMILES string of the molecule is CC(C)CCC(CCC(=O)[C@H]1CC[C@@](O)(CC=CCCCC(=O)O)C1)C(F)(F)F. The maximum Gasteiger partial charge on any atom is 0.391 e. The van der Waals surface area contributed by atoms with Gasteiger partial charge in [-0.25, -0.2) is 0 Å². The summed E-state index contributed by atoms with van der Waals surface area (Å²) in [6.07, 6.45) is 2.50. The fourth-order valence-corrected chi connectivity index (χ4v) is 3.88. The summed E-state index contributed by atoms with van der Waals surface area (Å²) >= 11 is 0. The van der Waals surface area contributed by atoms with E-state index < -0.39 is 23.7 Å². The molecule has 1 fully saturated rings. The van der Waals surface area contributed by atoms with Crippen LogP contribution >= 0.6 is 0 Å². The summed E-state index contributed by atoms with van der Waals surface area (Å²) in [5, 5.41) is 19.2. The molecule has 0 heterocycles. The van der Waals surface area contributed by atoms with Gasteiger partial charge in [-0.2, -0.15) is 13.2 Å². The first-order valence-corrected chi connectivity index (χ1v) is 10.6. The highest BCUT2D eigenvalue weighted by atomic mass is 19.4. The molecule has 1 rings (SSSR count). The van der Waals surface area contributed by atoms with Gasteiger partial charge in [0.25, 0.3) is 0 Å². The van der Waals surface area contributed by atoms with E-state index in [1.54, 1.807) is 6.08 Å². The van der Waals surface area contributed by atoms with Crippen LogP contribution in [0.3, 0.4) is 0 Å². The van der Waals surface area contributed by atoms with Crippen molar-refractivity contribution in [2.45, 2.75) is 96.3 Å². The molecule has 0 amide bonds. The number of aliphatic hydroxyl groups is 1. The second-order valence-corrected chi connectivity index (χ2v) is 8.84. The highest BCUT2D eigenvalue weighted by Crippen LogP contribution is 2.40. The minimum absolute atomic E-state index is 0.0513. The van der Waals surface area contributed by atoms with Crippen LogP contribution in [0.1, 0.15) is 84.5 Å². The summed E-state index contributed by atoms with van der Waals surface area (Å²) in [5.74, 6) is -2.64. The molecule has 0 aromatic heterocycles. The standard InChI is InChI=1S/C22H35F3O4/c1-16(2)8-9-18(22(23,24)25)10-11-19(26)17-12-14-21(29,15-17)13-6-4-3-5-7-20(27)28/h4,6,16-18,29H,3,5,7-15H2,1-2H3,(H,27,28)/t17-,18?,21-/m0/s1. The Morgan fingerprint density at radius 3 is 2.41 bits per heavy atom. The zero-order valence-electron chi connectivity index (χ0n) is 17.5. The largest absolute Gasteiger partial charge is 0.481 e. The number of hydrogen-bond donors (Lipinski definition) is 2. The lowest BCUT2D eigenvalue weighted by atomic mass is 9.88. The Balaban J connectivity index is 2.43. The molecule has 168 valence electrons. The smallest absolute Gasteiger partial charge is 0.391 e. The van der Waals surface area contributed by atoms with Crippen molar-refractivity contribution in [3.63, 3.8) is 0 Å². The van der Waals surface area contributed by atoms with Crippen LogP contribution in [0, 0.1) is 17.8 Å². The summed E-state index contributed by atoms with van der Waals surface area (Å²) in [6, 6.07) is 0. The summed E-state index contributed by atoms with van der Waals surface area (Å²) < 4.78 is 39.6. The molecule has 0 saturated heterocycles. The molecule has 0 spiro atoms. The van der Waals surface area contributed by atoms with Gasteiger partial charge in [-0.3, -0.25) is 9.59 Å². The quantitative estimate of drug-likeness (QED) is 0.297. The summed E-state index contributed by atoms with van der Waals surface area (Å²) in [7, 11) is 0. The van der Waals surface area contributed by atoms with Crippen LogP contribution in [0.15, 0.2) is 12.2 Å². The fraction of sp³-hybridized carbons (Fsp3) is 0.818. The normalized spacial score (nSPS) is 23.8. The number of ketones is 1. The van der Waals surface area contributed by atoms with E-state index >= 15 is 0 Å². The van der Waals surface area contributed by atoms with Gasteiger partial charge in [-0.15, -0.1) is 0 Å². The molecular formula is C22H35F3O4. The van der Waals surface area contributed by atoms with Crippen LogP contribution < -0.4 is 0 Å². The number of alkyl halides is 3. The highest BCUT2D eigenvalue weighted by Gasteiger charge is 2.42. The van der Waals surface area contributed by atoms with Gasteiger partial charge < -0.3 is 10.2 Å². The number of aliphatic carboxylic acids is 1. The predicted octanol–water partition coefficient (Wildman–Crippen LogP) is 5.68. The molecule has 0 bridgehead atoms. The average Bonchev–Trinajstić information content (AvgIpc) is 2.98. The van der Waals surface area contributed by atoms with E-state index in [1.165, 1.54) is 0 Å². The zero-order valence-corrected chi connectivity index (χ0v) is 17.5. The minimum Gasteiger partial charge on any atom is -0.481 e. The van der Waals surface area contributed by atoms with Gasteiger partial charge >= 0.3 is 12.1 Å². The Kier molecular flexibility index (Phi) is 10.4. The van der Waals surface area contributed by atoms with Gasteiger partial charge in [-0.1, -0.05) is 32.4 Å². The van der Waals surface area contributed by atoms with Crippen molar-refractivity contribution < 1.29 is 33.0 Å². The molecule has 1 aliphatic rings. The van der Waals surface area contributed by atoms with E-state index in [4.69, 9.17) is 5.11 Å². The van der Waals surface area contributed by atoms with Crippen molar-refractivity contribution in [2.75, 3.05) is 0 Å². The molecule has 3 atom stereocenters. The topological polar surface area (TPSA) is 74.6 Å². The zero-order chi connectivity index (χ0) is 22.1. The monoisotopic (exact) mass is 420 g/mol. The molecular weight excluding hydrogens is 385 g/mol. The lowest BCUT2D eigenvalue weighted by Gasteiger charge is -2.22. The number of carbonyl (C=O) groups excluding carboxylic acids is 1. The van der Waals surface area contributed by atoms with Gasteiger partial charge in [0, 0.05) is 18.8 Å². The summed E-state index contributed by atoms with van der Waals surface area (Å²) in [5.41, 5.74) is -0.995. The van der Waals surface area contributed by atoms with Gasteiger partial charge in [0.05, 0.1) is 11.5 Å². The lowest BCUT2D eigenvalue weighted by molar-refractivity contribution is -0.179. The van der Waals surface area contributed by atoms with Gasteiger partial charge in [0.15, 0.2) is 0 Å². The molecule has 0 aromatic rings. The van der Waals surface area contributed by atoms with Crippen molar-refractivity contribution in [1.29, 1.82) is 0 Å². The third-order valence-corrected chi connectivity index (χ3v) is 5.76. The predicted molar refractivity (Wildman–Crippen MR) is 105 cm³/mol. The lowest BCUT2D eigenvalue weighted by Crippen LogP contribution is -2.27. The molecule has 0 aliphatic heterocycles. The highest BCUT2D eigenvalue weighted by molar-refractivity contribution is 5.81. The van der Waals surface area contributed by atoms with Crippen LogP contribution in [0.4, 0.5) is 13.2 Å². The molecule has 2 N–H and O–H groups in total. The molecule has 1 saturated carbocycles. The first-order chi connectivity index (χ1) is 13.4. The first-order valence-electron chi connectivity index (χ1n) is 10.6. The van der Waals surface area contributed by atoms with E-state index in [0.717, 1.165) is 0 Å². The van der Waals surface area contributed by atoms with E-state index in [-0.39, 0.29) is 49.7 Å². The van der Waals surface area contributed by atoms with Crippen LogP contribution in [0.25, 0.3) is 0 Å².